The summed E-state index contributed by atoms with van der Waals surface area (Å²) in [5.41, 5.74) is 1.33. The van der Waals surface area contributed by atoms with Gasteiger partial charge in [-0.1, -0.05) is 32.9 Å². The molecule has 5 nitrogen and oxygen atoms in total. The summed E-state index contributed by atoms with van der Waals surface area (Å²) in [7, 11) is 0. The van der Waals surface area contributed by atoms with E-state index in [-0.39, 0.29) is 41.5 Å². The third-order valence-corrected chi connectivity index (χ3v) is 6.16. The molecule has 2 aliphatic heterocycles. The summed E-state index contributed by atoms with van der Waals surface area (Å²) >= 11 is 0. The standard InChI is InChI=1S/C21H26N2O3/c1-20(2)10-14-11-21(3,12-20)13-23(14)17(24)8-9-22-18(25)15-6-4-5-7-16(15)19(22)26/h4-7,14H,8-13H2,1-3H3. The minimum Gasteiger partial charge on any atom is -0.339 e. The molecule has 2 atom stereocenters. The maximum atomic E-state index is 12.9. The highest BCUT2D eigenvalue weighted by atomic mass is 16.2. The number of carbonyl (C=O) groups excluding carboxylic acids is 3. The van der Waals surface area contributed by atoms with Crippen LogP contribution in [0.4, 0.5) is 0 Å². The van der Waals surface area contributed by atoms with Gasteiger partial charge in [-0.05, 0) is 42.2 Å². The summed E-state index contributed by atoms with van der Waals surface area (Å²) in [6.45, 7) is 7.79. The number of benzene rings is 1. The number of carbonyl (C=O) groups is 3. The predicted octanol–water partition coefficient (Wildman–Crippen LogP) is 3.10. The number of hydrogen-bond acceptors (Lipinski definition) is 3. The van der Waals surface area contributed by atoms with E-state index >= 15 is 0 Å². The molecule has 1 saturated carbocycles. The molecule has 2 fully saturated rings. The first-order valence-electron chi connectivity index (χ1n) is 9.44. The van der Waals surface area contributed by atoms with E-state index in [1.54, 1.807) is 24.3 Å². The van der Waals surface area contributed by atoms with Crippen LogP contribution in [0, 0.1) is 10.8 Å². The van der Waals surface area contributed by atoms with Gasteiger partial charge in [-0.25, -0.2) is 0 Å². The Morgan fingerprint density at radius 3 is 2.31 bits per heavy atom. The van der Waals surface area contributed by atoms with Crippen molar-refractivity contribution in [2.24, 2.45) is 10.8 Å². The van der Waals surface area contributed by atoms with Gasteiger partial charge in [0.05, 0.1) is 11.1 Å². The molecular weight excluding hydrogens is 328 g/mol. The number of nitrogens with zero attached hydrogens (tertiary/aromatic N) is 2. The van der Waals surface area contributed by atoms with Gasteiger partial charge in [0.25, 0.3) is 11.8 Å². The highest BCUT2D eigenvalue weighted by Gasteiger charge is 2.50. The van der Waals surface area contributed by atoms with Crippen LogP contribution in [0.5, 0.6) is 0 Å². The smallest absolute Gasteiger partial charge is 0.261 e. The second-order valence-electron chi connectivity index (χ2n) is 9.29. The van der Waals surface area contributed by atoms with Gasteiger partial charge >= 0.3 is 0 Å². The summed E-state index contributed by atoms with van der Waals surface area (Å²) in [5.74, 6) is -0.508. The largest absolute Gasteiger partial charge is 0.339 e. The summed E-state index contributed by atoms with van der Waals surface area (Å²) in [6.07, 6.45) is 3.44. The molecule has 1 aliphatic carbocycles. The number of rotatable bonds is 3. The third-order valence-electron chi connectivity index (χ3n) is 6.16. The number of hydrogen-bond donors (Lipinski definition) is 0. The zero-order chi connectivity index (χ0) is 18.7. The van der Waals surface area contributed by atoms with Gasteiger partial charge in [0.2, 0.25) is 5.91 Å². The van der Waals surface area contributed by atoms with E-state index in [0.717, 1.165) is 25.8 Å². The van der Waals surface area contributed by atoms with Crippen LogP contribution in [0.15, 0.2) is 24.3 Å². The van der Waals surface area contributed by atoms with E-state index in [4.69, 9.17) is 0 Å². The molecule has 2 bridgehead atoms. The highest BCUT2D eigenvalue weighted by Crippen LogP contribution is 2.52. The van der Waals surface area contributed by atoms with Crippen LogP contribution in [0.25, 0.3) is 0 Å². The molecule has 2 heterocycles. The fourth-order valence-corrected chi connectivity index (χ4v) is 5.54. The molecule has 1 aromatic carbocycles. The van der Waals surface area contributed by atoms with Crippen molar-refractivity contribution in [3.05, 3.63) is 35.4 Å². The van der Waals surface area contributed by atoms with Crippen molar-refractivity contribution in [3.8, 4) is 0 Å². The minimum absolute atomic E-state index is 0.0629. The Hall–Kier alpha value is -2.17. The van der Waals surface area contributed by atoms with Gasteiger partial charge in [0.1, 0.15) is 0 Å². The molecule has 0 aromatic heterocycles. The van der Waals surface area contributed by atoms with Crippen LogP contribution in [-0.2, 0) is 4.79 Å². The first-order chi connectivity index (χ1) is 12.2. The molecule has 0 spiro atoms. The van der Waals surface area contributed by atoms with Gasteiger partial charge in [-0.2, -0.15) is 0 Å². The van der Waals surface area contributed by atoms with Crippen molar-refractivity contribution >= 4 is 17.7 Å². The summed E-state index contributed by atoms with van der Waals surface area (Å²) in [5, 5.41) is 0. The average Bonchev–Trinajstić information content (AvgIpc) is 2.96. The maximum Gasteiger partial charge on any atom is 0.261 e. The lowest BCUT2D eigenvalue weighted by Crippen LogP contribution is -2.40. The van der Waals surface area contributed by atoms with E-state index in [0.29, 0.717) is 17.2 Å². The van der Waals surface area contributed by atoms with E-state index in [1.165, 1.54) is 4.90 Å². The molecular formula is C21H26N2O3. The first-order valence-corrected chi connectivity index (χ1v) is 9.44. The Balaban J connectivity index is 1.43. The molecule has 3 amide bonds. The Kier molecular flexibility index (Phi) is 3.76. The Labute approximate surface area is 154 Å². The molecule has 1 aromatic rings. The number of fused-ring (bicyclic) bond motifs is 3. The second kappa shape index (κ2) is 5.66. The van der Waals surface area contributed by atoms with Crippen LogP contribution >= 0.6 is 0 Å². The van der Waals surface area contributed by atoms with Crippen LogP contribution in [0.2, 0.25) is 0 Å². The fraction of sp³-hybridized carbons (Fsp3) is 0.571. The molecule has 26 heavy (non-hydrogen) atoms. The Morgan fingerprint density at radius 2 is 1.69 bits per heavy atom. The highest BCUT2D eigenvalue weighted by molar-refractivity contribution is 6.21. The predicted molar refractivity (Wildman–Crippen MR) is 97.7 cm³/mol. The van der Waals surface area contributed by atoms with Gasteiger partial charge in [-0.3, -0.25) is 19.3 Å². The first kappa shape index (κ1) is 17.3. The van der Waals surface area contributed by atoms with Crippen LogP contribution in [0.3, 0.4) is 0 Å². The molecule has 0 radical (unpaired) electrons. The lowest BCUT2D eigenvalue weighted by atomic mass is 9.65. The summed E-state index contributed by atoms with van der Waals surface area (Å²) < 4.78 is 0. The van der Waals surface area contributed by atoms with E-state index < -0.39 is 0 Å². The fourth-order valence-electron chi connectivity index (χ4n) is 5.54. The molecule has 138 valence electrons. The monoisotopic (exact) mass is 354 g/mol. The number of likely N-dealkylation sites (tertiary alicyclic amines) is 1. The molecule has 2 unspecified atom stereocenters. The lowest BCUT2D eigenvalue weighted by molar-refractivity contribution is -0.132. The summed E-state index contributed by atoms with van der Waals surface area (Å²) in [6, 6.07) is 7.14. The van der Waals surface area contributed by atoms with E-state index in [9.17, 15) is 14.4 Å². The van der Waals surface area contributed by atoms with Gasteiger partial charge < -0.3 is 4.90 Å². The molecule has 4 rings (SSSR count). The Bertz CT molecular complexity index is 765. The minimum atomic E-state index is -0.286. The summed E-state index contributed by atoms with van der Waals surface area (Å²) in [4.78, 5) is 41.0. The third kappa shape index (κ3) is 2.74. The molecule has 0 N–H and O–H groups in total. The molecule has 3 aliphatic rings. The van der Waals surface area contributed by atoms with E-state index in [1.807, 2.05) is 4.90 Å². The van der Waals surface area contributed by atoms with Gasteiger partial charge in [0, 0.05) is 25.6 Å². The zero-order valence-corrected chi connectivity index (χ0v) is 15.7. The molecule has 5 heteroatoms. The second-order valence-corrected chi connectivity index (χ2v) is 9.29. The maximum absolute atomic E-state index is 12.9. The number of amides is 3. The average molecular weight is 354 g/mol. The van der Waals surface area contributed by atoms with Crippen LogP contribution in [0.1, 0.15) is 67.2 Å². The van der Waals surface area contributed by atoms with Crippen molar-refractivity contribution in [1.29, 1.82) is 0 Å². The van der Waals surface area contributed by atoms with Gasteiger partial charge in [0.15, 0.2) is 0 Å². The normalized spacial score (nSPS) is 29.3. The van der Waals surface area contributed by atoms with Crippen LogP contribution in [-0.4, -0.2) is 46.7 Å². The van der Waals surface area contributed by atoms with Crippen molar-refractivity contribution in [1.82, 2.24) is 9.80 Å². The van der Waals surface area contributed by atoms with Crippen molar-refractivity contribution in [2.75, 3.05) is 13.1 Å². The van der Waals surface area contributed by atoms with E-state index in [2.05, 4.69) is 20.8 Å². The van der Waals surface area contributed by atoms with Gasteiger partial charge in [-0.15, -0.1) is 0 Å². The zero-order valence-electron chi connectivity index (χ0n) is 15.7. The van der Waals surface area contributed by atoms with Crippen molar-refractivity contribution in [2.45, 2.75) is 52.5 Å². The van der Waals surface area contributed by atoms with Crippen LogP contribution < -0.4 is 0 Å². The quantitative estimate of drug-likeness (QED) is 0.784. The SMILES string of the molecule is CC1(C)CC2CC(C)(CN2C(=O)CCN2C(=O)c3ccccc3C2=O)C1. The lowest BCUT2D eigenvalue weighted by Gasteiger charge is -2.39. The Morgan fingerprint density at radius 1 is 1.08 bits per heavy atom. The van der Waals surface area contributed by atoms with Crippen molar-refractivity contribution in [3.63, 3.8) is 0 Å². The topological polar surface area (TPSA) is 57.7 Å². The molecule has 1 saturated heterocycles. The van der Waals surface area contributed by atoms with Crippen molar-refractivity contribution < 1.29 is 14.4 Å². The number of imide groups is 1.